The van der Waals surface area contributed by atoms with Crippen molar-refractivity contribution in [2.75, 3.05) is 0 Å². The lowest BCUT2D eigenvalue weighted by atomic mass is 10.1. The van der Waals surface area contributed by atoms with Gasteiger partial charge in [0.1, 0.15) is 17.8 Å². The summed E-state index contributed by atoms with van der Waals surface area (Å²) in [6, 6.07) is 11.5. The first-order valence-corrected chi connectivity index (χ1v) is 9.92. The summed E-state index contributed by atoms with van der Waals surface area (Å²) in [5.41, 5.74) is 4.67. The van der Waals surface area contributed by atoms with Crippen molar-refractivity contribution in [2.24, 2.45) is 0 Å². The highest BCUT2D eigenvalue weighted by molar-refractivity contribution is 7.07. The Bertz CT molecular complexity index is 1160. The number of fused-ring (bicyclic) bond motifs is 1. The van der Waals surface area contributed by atoms with Crippen LogP contribution >= 0.6 is 57.7 Å². The zero-order valence-electron chi connectivity index (χ0n) is 13.7. The minimum absolute atomic E-state index is 0.0363. The number of nitrogens with one attached hydrogen (secondary N) is 1. The van der Waals surface area contributed by atoms with Crippen LogP contribution in [0.2, 0.25) is 20.1 Å². The predicted molar refractivity (Wildman–Crippen MR) is 113 cm³/mol. The average molecular weight is 467 g/mol. The molecule has 0 atom stereocenters. The number of aromatic amines is 1. The van der Waals surface area contributed by atoms with Gasteiger partial charge in [0.2, 0.25) is 0 Å². The second-order valence-corrected chi connectivity index (χ2v) is 7.44. The molecule has 0 aliphatic rings. The maximum absolute atomic E-state index is 8.70. The molecule has 0 radical (unpaired) electrons. The average Bonchev–Trinajstić information content (AvgIpc) is 3.37. The Kier molecular flexibility index (Phi) is 6.41. The Morgan fingerprint density at radius 3 is 2.07 bits per heavy atom. The van der Waals surface area contributed by atoms with Crippen LogP contribution in [0.5, 0.6) is 0 Å². The molecule has 2 aromatic heterocycles. The third-order valence-electron chi connectivity index (χ3n) is 3.55. The summed E-state index contributed by atoms with van der Waals surface area (Å²) in [5.74, 6) is 0.840. The van der Waals surface area contributed by atoms with E-state index in [0.717, 1.165) is 22.6 Å². The normalized spacial score (nSPS) is 10.1. The van der Waals surface area contributed by atoms with Gasteiger partial charge in [-0.2, -0.15) is 10.5 Å². The lowest BCUT2D eigenvalue weighted by molar-refractivity contribution is 1.27. The largest absolute Gasteiger partial charge is 0.337 e. The molecule has 0 bridgehead atoms. The smallest absolute Gasteiger partial charge is 0.158 e. The summed E-state index contributed by atoms with van der Waals surface area (Å²) in [5, 5.41) is 19.2. The Balaban J connectivity index is 0.000000161. The number of aromatic nitrogens is 3. The van der Waals surface area contributed by atoms with E-state index in [2.05, 4.69) is 15.0 Å². The van der Waals surface area contributed by atoms with E-state index in [4.69, 9.17) is 56.9 Å². The molecule has 10 heteroatoms. The van der Waals surface area contributed by atoms with Gasteiger partial charge in [-0.1, -0.05) is 58.5 Å². The Morgan fingerprint density at radius 2 is 1.54 bits per heavy atom. The van der Waals surface area contributed by atoms with Crippen LogP contribution in [0.15, 0.2) is 35.2 Å². The summed E-state index contributed by atoms with van der Waals surface area (Å²) >= 11 is 24.4. The van der Waals surface area contributed by atoms with Gasteiger partial charge < -0.3 is 4.98 Å². The summed E-state index contributed by atoms with van der Waals surface area (Å²) in [4.78, 5) is 11.9. The van der Waals surface area contributed by atoms with Gasteiger partial charge in [-0.3, -0.25) is 0 Å². The lowest BCUT2D eigenvalue weighted by Crippen LogP contribution is -1.89. The molecule has 4 aromatic rings. The summed E-state index contributed by atoms with van der Waals surface area (Å²) in [6.07, 6.45) is 0. The number of nitriles is 2. The number of imidazole rings is 1. The highest BCUT2D eigenvalue weighted by Crippen LogP contribution is 2.40. The monoisotopic (exact) mass is 465 g/mol. The van der Waals surface area contributed by atoms with E-state index in [0.29, 0.717) is 0 Å². The van der Waals surface area contributed by atoms with Gasteiger partial charge in [0.25, 0.3) is 0 Å². The van der Waals surface area contributed by atoms with E-state index in [-0.39, 0.29) is 31.2 Å². The number of hydrogen-bond acceptors (Lipinski definition) is 5. The Morgan fingerprint density at radius 1 is 0.893 bits per heavy atom. The van der Waals surface area contributed by atoms with E-state index >= 15 is 0 Å². The zero-order chi connectivity index (χ0) is 20.3. The van der Waals surface area contributed by atoms with Crippen LogP contribution in [0.4, 0.5) is 0 Å². The van der Waals surface area contributed by atoms with Crippen LogP contribution in [-0.4, -0.2) is 15.0 Å². The maximum Gasteiger partial charge on any atom is 0.158 e. The summed E-state index contributed by atoms with van der Waals surface area (Å²) < 4.78 is 0. The molecular weight excluding hydrogens is 460 g/mol. The summed E-state index contributed by atoms with van der Waals surface area (Å²) in [7, 11) is 0. The molecule has 0 unspecified atom stereocenters. The fourth-order valence-electron chi connectivity index (χ4n) is 2.23. The molecule has 0 saturated heterocycles. The van der Waals surface area contributed by atoms with Crippen LogP contribution in [0, 0.1) is 22.7 Å². The molecule has 4 rings (SSSR count). The third kappa shape index (κ3) is 3.93. The molecule has 0 amide bonds. The zero-order valence-corrected chi connectivity index (χ0v) is 17.5. The van der Waals surface area contributed by atoms with Crippen molar-refractivity contribution in [2.45, 2.75) is 0 Å². The molecule has 0 aliphatic carbocycles. The maximum atomic E-state index is 8.70. The van der Waals surface area contributed by atoms with Gasteiger partial charge in [-0.25, -0.2) is 9.97 Å². The first-order chi connectivity index (χ1) is 13.5. The molecule has 138 valence electrons. The molecule has 2 heterocycles. The number of benzene rings is 2. The first-order valence-electron chi connectivity index (χ1n) is 7.47. The number of halogens is 4. The van der Waals surface area contributed by atoms with E-state index in [1.54, 1.807) is 23.5 Å². The first kappa shape index (κ1) is 20.4. The number of para-hydroxylation sites is 2. The fourth-order valence-corrected chi connectivity index (χ4v) is 3.84. The van der Waals surface area contributed by atoms with Crippen LogP contribution in [0.3, 0.4) is 0 Å². The second kappa shape index (κ2) is 8.79. The van der Waals surface area contributed by atoms with Crippen LogP contribution in [-0.2, 0) is 0 Å². The van der Waals surface area contributed by atoms with Crippen molar-refractivity contribution < 1.29 is 0 Å². The minimum Gasteiger partial charge on any atom is -0.337 e. The standard InChI is InChI=1S/C10H7N3S.C8Cl4N2/c1-2-4-8-7(3-1)12-10(13-8)9-5-14-6-11-9;9-5-3(1-13)6(10)8(12)7(11)4(5)2-14/h1-6H,(H,12,13);. The van der Waals surface area contributed by atoms with Gasteiger partial charge in [-0.15, -0.1) is 11.3 Å². The number of thiazole rings is 1. The van der Waals surface area contributed by atoms with Crippen molar-refractivity contribution in [1.82, 2.24) is 15.0 Å². The fraction of sp³-hybridized carbons (Fsp3) is 0. The molecule has 0 fully saturated rings. The van der Waals surface area contributed by atoms with Crippen molar-refractivity contribution >= 4 is 68.8 Å². The Labute approximate surface area is 183 Å². The quantitative estimate of drug-likeness (QED) is 0.248. The molecule has 0 aliphatic heterocycles. The molecule has 2 aromatic carbocycles. The van der Waals surface area contributed by atoms with E-state index in [1.807, 2.05) is 35.2 Å². The highest BCUT2D eigenvalue weighted by atomic mass is 35.5. The summed E-state index contributed by atoms with van der Waals surface area (Å²) in [6.45, 7) is 0. The van der Waals surface area contributed by atoms with Gasteiger partial charge in [0.15, 0.2) is 5.82 Å². The van der Waals surface area contributed by atoms with Crippen LogP contribution < -0.4 is 0 Å². The van der Waals surface area contributed by atoms with Gasteiger partial charge in [0.05, 0.1) is 47.8 Å². The van der Waals surface area contributed by atoms with Crippen molar-refractivity contribution in [1.29, 1.82) is 10.5 Å². The number of rotatable bonds is 1. The predicted octanol–water partition coefficient (Wildman–Crippen LogP) is 6.73. The van der Waals surface area contributed by atoms with Gasteiger partial charge in [0, 0.05) is 5.38 Å². The second-order valence-electron chi connectivity index (χ2n) is 5.21. The SMILES string of the molecule is N#Cc1c(Cl)c(Cl)c(Cl)c(C#N)c1Cl.c1ccc2[nH]c(-c3cscn3)nc2c1. The minimum atomic E-state index is -0.0746. The van der Waals surface area contributed by atoms with Crippen LogP contribution in [0.1, 0.15) is 11.1 Å². The number of hydrogen-bond donors (Lipinski definition) is 1. The van der Waals surface area contributed by atoms with Crippen molar-refractivity contribution in [3.8, 4) is 23.7 Å². The lowest BCUT2D eigenvalue weighted by Gasteiger charge is -2.05. The molecule has 0 saturated carbocycles. The number of nitrogens with zero attached hydrogens (tertiary/aromatic N) is 4. The highest BCUT2D eigenvalue weighted by Gasteiger charge is 2.19. The van der Waals surface area contributed by atoms with Crippen LogP contribution in [0.25, 0.3) is 22.6 Å². The third-order valence-corrected chi connectivity index (χ3v) is 5.84. The van der Waals surface area contributed by atoms with E-state index < -0.39 is 0 Å². The van der Waals surface area contributed by atoms with E-state index in [9.17, 15) is 0 Å². The topological polar surface area (TPSA) is 89.1 Å². The molecule has 0 spiro atoms. The Hall–Kier alpha value is -2.32. The van der Waals surface area contributed by atoms with Crippen molar-refractivity contribution in [3.63, 3.8) is 0 Å². The van der Waals surface area contributed by atoms with Gasteiger partial charge >= 0.3 is 0 Å². The molecule has 1 N–H and O–H groups in total. The molecular formula is C18H7Cl4N5S. The van der Waals surface area contributed by atoms with Gasteiger partial charge in [-0.05, 0) is 12.1 Å². The molecule has 28 heavy (non-hydrogen) atoms. The van der Waals surface area contributed by atoms with E-state index in [1.165, 1.54) is 0 Å². The molecule has 5 nitrogen and oxygen atoms in total. The van der Waals surface area contributed by atoms with Crippen molar-refractivity contribution in [3.05, 3.63) is 66.4 Å². The number of H-pyrrole nitrogens is 1.